The maximum atomic E-state index is 12.3. The molecular weight excluding hydrogens is 1230 g/mol. The molecule has 0 aromatic carbocycles. The second kappa shape index (κ2) is 33.5. The first-order chi connectivity index (χ1) is 43.8. The van der Waals surface area contributed by atoms with Crippen molar-refractivity contribution >= 4 is 0 Å². The minimum absolute atomic E-state index is 0.0614. The number of methoxy groups -OCH3 is 14. The summed E-state index contributed by atoms with van der Waals surface area (Å²) >= 11 is 0. The van der Waals surface area contributed by atoms with Gasteiger partial charge in [-0.25, -0.2) is 0 Å². The summed E-state index contributed by atoms with van der Waals surface area (Å²) in [6.07, 6.45) is -44.5. The fourth-order valence-corrected chi connectivity index (χ4v) is 13.4. The van der Waals surface area contributed by atoms with E-state index in [1.54, 1.807) is 0 Å². The Balaban J connectivity index is 1.18. The van der Waals surface area contributed by atoms with Gasteiger partial charge in [0.05, 0.1) is 46.8 Å². The van der Waals surface area contributed by atoms with Crippen LogP contribution < -0.4 is 0 Å². The Morgan fingerprint density at radius 2 is 0.725 bits per heavy atom. The van der Waals surface area contributed by atoms with Crippen LogP contribution in [0.25, 0.3) is 0 Å². The van der Waals surface area contributed by atoms with Crippen LogP contribution in [0.2, 0.25) is 0 Å². The lowest BCUT2D eigenvalue weighted by molar-refractivity contribution is -0.546. The Hall–Kier alpha value is -1.98. The summed E-state index contributed by atoms with van der Waals surface area (Å²) in [7, 11) is 18.4. The first-order valence-electron chi connectivity index (χ1n) is 29.7. The number of hydrogen-bond acceptors (Lipinski definition) is 35. The van der Waals surface area contributed by atoms with Crippen LogP contribution in [-0.4, -0.2) is 382 Å². The zero-order valence-electron chi connectivity index (χ0n) is 53.6. The molecule has 7 fully saturated rings. The van der Waals surface area contributed by atoms with Crippen LogP contribution >= 0.6 is 0 Å². The van der Waals surface area contributed by atoms with Crippen LogP contribution in [0.15, 0.2) is 11.5 Å². The lowest BCUT2D eigenvalue weighted by Crippen LogP contribution is -2.97. The molecule has 0 spiro atoms. The maximum Gasteiger partial charge on any atom is 0.218 e. The van der Waals surface area contributed by atoms with Crippen molar-refractivity contribution in [3.05, 3.63) is 11.5 Å². The van der Waals surface area contributed by atoms with Gasteiger partial charge >= 0.3 is 0 Å². The molecule has 0 radical (unpaired) electrons. The molecule has 0 aromatic rings. The molecule has 8 N–H and O–H groups in total. The molecule has 32 atom stereocenters. The number of ether oxygens (including phenoxy) is 27. The summed E-state index contributed by atoms with van der Waals surface area (Å²) in [5.41, 5.74) is -3.44. The Kier molecular flexibility index (Phi) is 27.6. The van der Waals surface area contributed by atoms with Gasteiger partial charge in [0.1, 0.15) is 140 Å². The zero-order chi connectivity index (χ0) is 66.2. The van der Waals surface area contributed by atoms with Crippen LogP contribution in [0, 0.1) is 0 Å². The Bertz CT molecular complexity index is 2200. The van der Waals surface area contributed by atoms with Gasteiger partial charge in [-0.15, -0.1) is 0 Å². The summed E-state index contributed by atoms with van der Waals surface area (Å²) in [6.45, 7) is -1.62. The largest absolute Gasteiger partial charge is 0.506 e. The molecule has 0 aromatic heterocycles. The normalized spacial score (nSPS) is 47.6. The van der Waals surface area contributed by atoms with E-state index < -0.39 is 207 Å². The molecule has 35 heteroatoms. The lowest BCUT2D eigenvalue weighted by Gasteiger charge is -2.74. The summed E-state index contributed by atoms with van der Waals surface area (Å²) in [4.78, 5) is 0. The van der Waals surface area contributed by atoms with Crippen molar-refractivity contribution in [1.82, 2.24) is 0 Å². The Labute approximate surface area is 526 Å². The molecule has 530 valence electrons. The molecular formula is C56H96O35. The van der Waals surface area contributed by atoms with Gasteiger partial charge < -0.3 is 169 Å². The van der Waals surface area contributed by atoms with E-state index in [4.69, 9.17) is 128 Å². The molecule has 1 aliphatic carbocycles. The van der Waals surface area contributed by atoms with Crippen LogP contribution in [0.1, 0.15) is 6.42 Å². The van der Waals surface area contributed by atoms with Crippen molar-refractivity contribution in [2.75, 3.05) is 146 Å². The van der Waals surface area contributed by atoms with E-state index in [1.165, 1.54) is 92.4 Å². The SMILES string of the molecule is COCC[C@H]1O[C@H]2OC(COC)[C@@H](O[C@H]3OC(COC)[C@@H](O[C@H]4OC(COC)[C@@H](O[C@H]5OC6(COC)[C@@H](O[C@H]7OC(COC)[C@@H](O[C@H]8OC(COC)[C@@H](O[C@@H](O)C(OC)=C1O)C(O)C8OC)C(O)C7OC)C(O)C56OC)C(O)C4OC)C(O)C3OC)C(O)C2OC. The van der Waals surface area contributed by atoms with E-state index >= 15 is 0 Å². The monoisotopic (exact) mass is 1330 g/mol. The number of aliphatic hydroxyl groups excluding tert-OH is 8. The van der Waals surface area contributed by atoms with Gasteiger partial charge in [-0.1, -0.05) is 0 Å². The van der Waals surface area contributed by atoms with E-state index in [2.05, 4.69) is 0 Å². The molecule has 14 aliphatic rings. The molecule has 0 amide bonds. The van der Waals surface area contributed by atoms with E-state index in [0.717, 1.165) is 7.11 Å². The summed E-state index contributed by atoms with van der Waals surface area (Å²) in [5, 5.41) is 97.6. The Morgan fingerprint density at radius 1 is 0.385 bits per heavy atom. The van der Waals surface area contributed by atoms with Crippen molar-refractivity contribution in [1.29, 1.82) is 0 Å². The molecule has 14 bridgehead atoms. The molecule has 91 heavy (non-hydrogen) atoms. The fourth-order valence-electron chi connectivity index (χ4n) is 13.4. The predicted molar refractivity (Wildman–Crippen MR) is 295 cm³/mol. The molecule has 18 unspecified atom stereocenters. The second-order valence-corrected chi connectivity index (χ2v) is 22.9. The zero-order valence-corrected chi connectivity index (χ0v) is 53.6. The van der Waals surface area contributed by atoms with Gasteiger partial charge in [0, 0.05) is 105 Å². The lowest BCUT2D eigenvalue weighted by atomic mass is 9.55. The van der Waals surface area contributed by atoms with Crippen molar-refractivity contribution in [3.63, 3.8) is 0 Å². The molecule has 1 saturated carbocycles. The van der Waals surface area contributed by atoms with Gasteiger partial charge in [0.2, 0.25) is 6.29 Å². The van der Waals surface area contributed by atoms with Gasteiger partial charge in [-0.3, -0.25) is 0 Å². The highest BCUT2D eigenvalue weighted by Crippen LogP contribution is 2.62. The minimum atomic E-state index is -2.19. The van der Waals surface area contributed by atoms with Crippen LogP contribution in [0.3, 0.4) is 0 Å². The quantitative estimate of drug-likeness (QED) is 0.0502. The average molecular weight is 1330 g/mol. The van der Waals surface area contributed by atoms with E-state index in [-0.39, 0.29) is 52.7 Å². The summed E-state index contributed by atoms with van der Waals surface area (Å²) in [6, 6.07) is 0. The number of rotatable bonds is 22. The molecule has 6 saturated heterocycles. The summed E-state index contributed by atoms with van der Waals surface area (Å²) < 4.78 is 163. The maximum absolute atomic E-state index is 12.3. The first kappa shape index (κ1) is 74.8. The van der Waals surface area contributed by atoms with Crippen molar-refractivity contribution < 1.29 is 169 Å². The first-order valence-corrected chi connectivity index (χ1v) is 29.7. The minimum Gasteiger partial charge on any atom is -0.506 e. The van der Waals surface area contributed by atoms with E-state index in [1.807, 2.05) is 0 Å². The molecule has 14 rings (SSSR count). The predicted octanol–water partition coefficient (Wildman–Crippen LogP) is -5.30. The van der Waals surface area contributed by atoms with Crippen molar-refractivity contribution in [2.24, 2.45) is 0 Å². The van der Waals surface area contributed by atoms with Gasteiger partial charge in [0.15, 0.2) is 60.5 Å². The third kappa shape index (κ3) is 14.5. The van der Waals surface area contributed by atoms with Gasteiger partial charge in [0.25, 0.3) is 0 Å². The number of aliphatic hydroxyl groups is 8. The third-order valence-corrected chi connectivity index (χ3v) is 17.9. The van der Waals surface area contributed by atoms with Crippen LogP contribution in [0.5, 0.6) is 0 Å². The number of fused-ring (bicyclic) bond motifs is 5. The molecule has 35 nitrogen and oxygen atoms in total. The highest BCUT2D eigenvalue weighted by Gasteiger charge is 2.87. The highest BCUT2D eigenvalue weighted by molar-refractivity contribution is 5.33. The average Bonchev–Trinajstić information content (AvgIpc) is 0.649. The second-order valence-electron chi connectivity index (χ2n) is 22.9. The molecule has 13 aliphatic heterocycles. The van der Waals surface area contributed by atoms with Crippen molar-refractivity contribution in [3.8, 4) is 0 Å². The fraction of sp³-hybridized carbons (Fsp3) is 0.964. The van der Waals surface area contributed by atoms with Crippen LogP contribution in [-0.2, 0) is 128 Å². The smallest absolute Gasteiger partial charge is 0.218 e. The highest BCUT2D eigenvalue weighted by atomic mass is 16.8. The van der Waals surface area contributed by atoms with Crippen LogP contribution in [0.4, 0.5) is 0 Å². The standard InChI is InChI=1S/C56H96O35/c1-65-16-15-23-29(57)40(72-8)48(64)85-35-24(17-66-2)81-50(42(74-10)30(35)58)88-38-27(20-69-5)84-53(45(77-13)33(38)61)90-47-46(63)56(78-14)54(91-55(47,56)22-71-7)89-39-28(21-70-6)83-52(44(76-12)34(39)62)87-37-26(19-68-4)82-51(43(75-11)32(37)60)86-36-25(18-67-3)80-49(79-23)41(73-9)31(36)59/h23-28,30-39,41-54,57-64H,15-22H2,1-14H3/t23-,24?,25?,26?,27?,28?,30?,31?,32?,33?,34?,35-,36-,37-,38-,39-,41?,42?,43?,44?,45?,46?,47+,48-,49+,50-,51-,52-,53-,54+,55?,56?/m1/s1. The Morgan fingerprint density at radius 3 is 1.04 bits per heavy atom. The summed E-state index contributed by atoms with van der Waals surface area (Å²) in [5.74, 6) is -1.36. The number of hydrogen-bond donors (Lipinski definition) is 8. The van der Waals surface area contributed by atoms with Gasteiger partial charge in [-0.05, 0) is 0 Å². The van der Waals surface area contributed by atoms with Gasteiger partial charge in [-0.2, -0.15) is 0 Å². The van der Waals surface area contributed by atoms with E-state index in [0.29, 0.717) is 0 Å². The third-order valence-electron chi connectivity index (χ3n) is 17.9. The molecule has 13 heterocycles. The van der Waals surface area contributed by atoms with E-state index in [9.17, 15) is 40.9 Å². The topological polar surface area (TPSA) is 411 Å². The van der Waals surface area contributed by atoms with Crippen molar-refractivity contribution in [2.45, 2.75) is 202 Å².